The van der Waals surface area contributed by atoms with E-state index in [0.717, 1.165) is 5.56 Å². The molecule has 5 heteroatoms. The Morgan fingerprint density at radius 2 is 1.61 bits per heavy atom. The van der Waals surface area contributed by atoms with E-state index in [2.05, 4.69) is 5.32 Å². The minimum atomic E-state index is -0.192. The molecule has 0 saturated heterocycles. The van der Waals surface area contributed by atoms with Crippen molar-refractivity contribution in [3.8, 4) is 11.5 Å². The lowest BCUT2D eigenvalue weighted by Gasteiger charge is -2.18. The number of nitrogens with zero attached hydrogens (tertiary/aromatic N) is 1. The Hall–Kier alpha value is -2.69. The molecule has 0 aliphatic carbocycles. The molecule has 0 bridgehead atoms. The van der Waals surface area contributed by atoms with Gasteiger partial charge in [-0.25, -0.2) is 4.79 Å². The summed E-state index contributed by atoms with van der Waals surface area (Å²) >= 11 is 0. The summed E-state index contributed by atoms with van der Waals surface area (Å²) in [5.74, 6) is 1.28. The largest absolute Gasteiger partial charge is 0.490 e. The molecule has 0 spiro atoms. The van der Waals surface area contributed by atoms with E-state index in [1.165, 1.54) is 0 Å². The lowest BCUT2D eigenvalue weighted by Crippen LogP contribution is -2.38. The van der Waals surface area contributed by atoms with Gasteiger partial charge in [-0.2, -0.15) is 0 Å². The van der Waals surface area contributed by atoms with Crippen LogP contribution in [-0.4, -0.2) is 31.3 Å². The van der Waals surface area contributed by atoms with Crippen LogP contribution in [0.3, 0.4) is 0 Å². The third kappa shape index (κ3) is 5.21. The minimum absolute atomic E-state index is 0.0854. The van der Waals surface area contributed by atoms with E-state index in [0.29, 0.717) is 24.7 Å². The summed E-state index contributed by atoms with van der Waals surface area (Å²) in [6.07, 6.45) is 0. The first kappa shape index (κ1) is 16.7. The Labute approximate surface area is 136 Å². The van der Waals surface area contributed by atoms with E-state index in [9.17, 15) is 4.79 Å². The molecule has 122 valence electrons. The zero-order valence-corrected chi connectivity index (χ0v) is 13.5. The lowest BCUT2D eigenvalue weighted by molar-refractivity contribution is 0.190. The van der Waals surface area contributed by atoms with Crippen molar-refractivity contribution in [2.45, 2.75) is 13.5 Å². The number of amides is 2. The van der Waals surface area contributed by atoms with E-state index in [-0.39, 0.29) is 12.8 Å². The average Bonchev–Trinajstić information content (AvgIpc) is 2.57. The van der Waals surface area contributed by atoms with Gasteiger partial charge in [0.15, 0.2) is 18.2 Å². The molecule has 0 unspecified atom stereocenters. The second-order valence-electron chi connectivity index (χ2n) is 4.99. The van der Waals surface area contributed by atoms with Gasteiger partial charge in [0.2, 0.25) is 0 Å². The average molecular weight is 314 g/mol. The smallest absolute Gasteiger partial charge is 0.320 e. The SMILES string of the molecule is CCOc1ccccc1OCNC(=O)N(C)Cc1ccccc1. The molecule has 2 aromatic rings. The normalized spacial score (nSPS) is 10.0. The van der Waals surface area contributed by atoms with Crippen LogP contribution in [0.15, 0.2) is 54.6 Å². The van der Waals surface area contributed by atoms with Gasteiger partial charge in [0.05, 0.1) is 6.61 Å². The Bertz CT molecular complexity index is 617. The molecule has 0 aliphatic rings. The first-order valence-electron chi connectivity index (χ1n) is 7.58. The predicted octanol–water partition coefficient (Wildman–Crippen LogP) is 3.26. The highest BCUT2D eigenvalue weighted by molar-refractivity contribution is 5.73. The van der Waals surface area contributed by atoms with Crippen molar-refractivity contribution < 1.29 is 14.3 Å². The quantitative estimate of drug-likeness (QED) is 0.798. The number of hydrogen-bond acceptors (Lipinski definition) is 3. The molecule has 0 aromatic heterocycles. The predicted molar refractivity (Wildman–Crippen MR) is 89.5 cm³/mol. The number of hydrogen-bond donors (Lipinski definition) is 1. The van der Waals surface area contributed by atoms with Crippen LogP contribution in [0.1, 0.15) is 12.5 Å². The van der Waals surface area contributed by atoms with Crippen molar-refractivity contribution in [2.24, 2.45) is 0 Å². The molecule has 2 aromatic carbocycles. The van der Waals surface area contributed by atoms with Gasteiger partial charge in [0, 0.05) is 13.6 Å². The van der Waals surface area contributed by atoms with Crippen LogP contribution in [0.25, 0.3) is 0 Å². The van der Waals surface area contributed by atoms with Crippen LogP contribution in [0.4, 0.5) is 4.79 Å². The second kappa shape index (κ2) is 8.68. The highest BCUT2D eigenvalue weighted by atomic mass is 16.5. The van der Waals surface area contributed by atoms with E-state index >= 15 is 0 Å². The molecule has 1 N–H and O–H groups in total. The number of benzene rings is 2. The van der Waals surface area contributed by atoms with Gasteiger partial charge in [-0.15, -0.1) is 0 Å². The number of ether oxygens (including phenoxy) is 2. The van der Waals surface area contributed by atoms with E-state index in [4.69, 9.17) is 9.47 Å². The maximum atomic E-state index is 12.1. The first-order chi connectivity index (χ1) is 11.2. The fourth-order valence-corrected chi connectivity index (χ4v) is 2.08. The highest BCUT2D eigenvalue weighted by Gasteiger charge is 2.09. The van der Waals surface area contributed by atoms with Gasteiger partial charge in [-0.3, -0.25) is 0 Å². The van der Waals surface area contributed by atoms with Crippen LogP contribution in [-0.2, 0) is 6.54 Å². The van der Waals surface area contributed by atoms with Gasteiger partial charge in [0.25, 0.3) is 0 Å². The highest BCUT2D eigenvalue weighted by Crippen LogP contribution is 2.25. The zero-order chi connectivity index (χ0) is 16.5. The van der Waals surface area contributed by atoms with Gasteiger partial charge < -0.3 is 19.7 Å². The van der Waals surface area contributed by atoms with Crippen molar-refractivity contribution in [1.29, 1.82) is 0 Å². The summed E-state index contributed by atoms with van der Waals surface area (Å²) in [5, 5.41) is 2.73. The summed E-state index contributed by atoms with van der Waals surface area (Å²) in [6, 6.07) is 17.0. The van der Waals surface area contributed by atoms with Crippen molar-refractivity contribution >= 4 is 6.03 Å². The molecule has 2 rings (SSSR count). The number of urea groups is 1. The Morgan fingerprint density at radius 1 is 1.00 bits per heavy atom. The fraction of sp³-hybridized carbons (Fsp3) is 0.278. The Morgan fingerprint density at radius 3 is 2.26 bits per heavy atom. The van der Waals surface area contributed by atoms with Crippen LogP contribution in [0.2, 0.25) is 0 Å². The lowest BCUT2D eigenvalue weighted by atomic mass is 10.2. The van der Waals surface area contributed by atoms with Crippen molar-refractivity contribution in [3.63, 3.8) is 0 Å². The van der Waals surface area contributed by atoms with E-state index in [1.807, 2.05) is 61.5 Å². The van der Waals surface area contributed by atoms with Crippen LogP contribution in [0.5, 0.6) is 11.5 Å². The van der Waals surface area contributed by atoms with Crippen LogP contribution >= 0.6 is 0 Å². The van der Waals surface area contributed by atoms with Gasteiger partial charge in [-0.1, -0.05) is 42.5 Å². The summed E-state index contributed by atoms with van der Waals surface area (Å²) in [5.41, 5.74) is 1.08. The third-order valence-electron chi connectivity index (χ3n) is 3.21. The number of carbonyl (C=O) groups excluding carboxylic acids is 1. The molecule has 0 aliphatic heterocycles. The van der Waals surface area contributed by atoms with Gasteiger partial charge >= 0.3 is 6.03 Å². The van der Waals surface area contributed by atoms with E-state index < -0.39 is 0 Å². The summed E-state index contributed by atoms with van der Waals surface area (Å²) in [7, 11) is 1.75. The van der Waals surface area contributed by atoms with Gasteiger partial charge in [0.1, 0.15) is 0 Å². The van der Waals surface area contributed by atoms with Gasteiger partial charge in [-0.05, 0) is 24.6 Å². The minimum Gasteiger partial charge on any atom is -0.490 e. The first-order valence-corrected chi connectivity index (χ1v) is 7.58. The van der Waals surface area contributed by atoms with Crippen molar-refractivity contribution in [3.05, 3.63) is 60.2 Å². The molecule has 0 fully saturated rings. The summed E-state index contributed by atoms with van der Waals surface area (Å²) < 4.78 is 11.0. The number of rotatable bonds is 7. The van der Waals surface area contributed by atoms with Crippen LogP contribution < -0.4 is 14.8 Å². The molecular formula is C18H22N2O3. The molecule has 0 saturated carbocycles. The monoisotopic (exact) mass is 314 g/mol. The standard InChI is InChI=1S/C18H22N2O3/c1-3-22-16-11-7-8-12-17(16)23-14-19-18(21)20(2)13-15-9-5-4-6-10-15/h4-12H,3,13-14H2,1-2H3,(H,19,21). The van der Waals surface area contributed by atoms with Crippen molar-refractivity contribution in [2.75, 3.05) is 20.4 Å². The topological polar surface area (TPSA) is 50.8 Å². The fourth-order valence-electron chi connectivity index (χ4n) is 2.08. The zero-order valence-electron chi connectivity index (χ0n) is 13.5. The maximum absolute atomic E-state index is 12.1. The van der Waals surface area contributed by atoms with Crippen molar-refractivity contribution in [1.82, 2.24) is 10.2 Å². The third-order valence-corrected chi connectivity index (χ3v) is 3.21. The maximum Gasteiger partial charge on any atom is 0.320 e. The second-order valence-corrected chi connectivity index (χ2v) is 4.99. The van der Waals surface area contributed by atoms with Crippen LogP contribution in [0, 0.1) is 0 Å². The molecule has 23 heavy (non-hydrogen) atoms. The number of para-hydroxylation sites is 2. The summed E-state index contributed by atoms with van der Waals surface area (Å²) in [6.45, 7) is 3.11. The Kier molecular flexibility index (Phi) is 6.29. The molecule has 0 heterocycles. The number of nitrogens with one attached hydrogen (secondary N) is 1. The molecular weight excluding hydrogens is 292 g/mol. The molecule has 0 radical (unpaired) electrons. The van der Waals surface area contributed by atoms with E-state index in [1.54, 1.807) is 11.9 Å². The molecule has 2 amide bonds. The summed E-state index contributed by atoms with van der Waals surface area (Å²) in [4.78, 5) is 13.7. The molecule has 0 atom stereocenters. The Balaban J connectivity index is 1.80. The number of carbonyl (C=O) groups is 1. The molecule has 5 nitrogen and oxygen atoms in total.